The van der Waals surface area contributed by atoms with Crippen LogP contribution in [0.2, 0.25) is 5.02 Å². The second kappa shape index (κ2) is 12.9. The second-order valence-electron chi connectivity index (χ2n) is 4.40. The average molecular weight is 522 g/mol. The molecular formula is C15H23BrClIN2OS. The van der Waals surface area contributed by atoms with Crippen LogP contribution < -0.4 is 5.32 Å². The van der Waals surface area contributed by atoms with E-state index < -0.39 is 0 Å². The summed E-state index contributed by atoms with van der Waals surface area (Å²) in [7, 11) is 3.50. The summed E-state index contributed by atoms with van der Waals surface area (Å²) in [4.78, 5) is 0. The number of anilines is 1. The Morgan fingerprint density at radius 1 is 1.45 bits per heavy atom. The minimum Gasteiger partial charge on any atom is -0.360 e. The van der Waals surface area contributed by atoms with E-state index in [-0.39, 0.29) is 6.23 Å². The van der Waals surface area contributed by atoms with E-state index in [0.29, 0.717) is 5.02 Å². The molecule has 0 spiro atoms. The first-order valence-electron chi connectivity index (χ1n) is 7.17. The first-order chi connectivity index (χ1) is 10.6. The zero-order valence-electron chi connectivity index (χ0n) is 13.0. The minimum atomic E-state index is 0.0168. The summed E-state index contributed by atoms with van der Waals surface area (Å²) in [6.45, 7) is 6.72. The highest BCUT2D eigenvalue weighted by molar-refractivity contribution is 14.2. The van der Waals surface area contributed by atoms with Crippen molar-refractivity contribution < 1.29 is 4.74 Å². The van der Waals surface area contributed by atoms with Crippen molar-refractivity contribution in [2.75, 3.05) is 11.9 Å². The number of hydrogen-bond donors (Lipinski definition) is 3. The lowest BCUT2D eigenvalue weighted by molar-refractivity contribution is 0.0343. The van der Waals surface area contributed by atoms with E-state index in [9.17, 15) is 0 Å². The van der Waals surface area contributed by atoms with E-state index in [1.54, 1.807) is 0 Å². The van der Waals surface area contributed by atoms with Gasteiger partial charge in [-0.05, 0) is 75.0 Å². The van der Waals surface area contributed by atoms with Gasteiger partial charge < -0.3 is 15.5 Å². The van der Waals surface area contributed by atoms with Crippen molar-refractivity contribution >= 4 is 70.4 Å². The van der Waals surface area contributed by atoms with Gasteiger partial charge in [0.05, 0.1) is 0 Å². The molecule has 0 amide bonds. The Morgan fingerprint density at radius 3 is 2.59 bits per heavy atom. The Hall–Kier alpha value is 0.500. The number of nitrogens with one attached hydrogen (secondary N) is 2. The normalized spacial score (nSPS) is 16.6. The lowest BCUT2D eigenvalue weighted by atomic mass is 10.1. The summed E-state index contributed by atoms with van der Waals surface area (Å²) in [5, 5.41) is 11.5. The van der Waals surface area contributed by atoms with Crippen LogP contribution in [-0.4, -0.2) is 19.0 Å². The molecule has 1 fully saturated rings. The maximum atomic E-state index is 7.53. The molecule has 0 bridgehead atoms. The van der Waals surface area contributed by atoms with Crippen LogP contribution in [-0.2, 0) is 4.74 Å². The summed E-state index contributed by atoms with van der Waals surface area (Å²) < 4.78 is 6.51. The van der Waals surface area contributed by atoms with Gasteiger partial charge in [0.1, 0.15) is 6.23 Å². The predicted octanol–water partition coefficient (Wildman–Crippen LogP) is 6.64. The van der Waals surface area contributed by atoms with Crippen molar-refractivity contribution in [1.82, 2.24) is 0 Å². The predicted molar refractivity (Wildman–Crippen MR) is 113 cm³/mol. The number of halogens is 3. The smallest absolute Gasteiger partial charge is 0.127 e. The van der Waals surface area contributed by atoms with Gasteiger partial charge in [-0.15, -0.1) is 9.80 Å². The zero-order valence-corrected chi connectivity index (χ0v) is 18.4. The van der Waals surface area contributed by atoms with Gasteiger partial charge in [-0.3, -0.25) is 0 Å². The summed E-state index contributed by atoms with van der Waals surface area (Å²) in [6, 6.07) is 1.86. The molecule has 0 radical (unpaired) electrons. The van der Waals surface area contributed by atoms with E-state index >= 15 is 0 Å². The molecule has 0 aromatic heterocycles. The Kier molecular flexibility index (Phi) is 13.2. The third kappa shape index (κ3) is 6.55. The van der Waals surface area contributed by atoms with E-state index in [0.717, 1.165) is 40.7 Å². The van der Waals surface area contributed by atoms with Crippen LogP contribution in [0.5, 0.6) is 0 Å². The van der Waals surface area contributed by atoms with E-state index in [1.807, 2.05) is 48.0 Å². The van der Waals surface area contributed by atoms with Crippen LogP contribution in [0.3, 0.4) is 0 Å². The van der Waals surface area contributed by atoms with Gasteiger partial charge in [0.2, 0.25) is 0 Å². The van der Waals surface area contributed by atoms with Crippen molar-refractivity contribution in [3.05, 3.63) is 26.7 Å². The monoisotopic (exact) mass is 520 g/mol. The number of benzene rings is 1. The highest BCUT2D eigenvalue weighted by Crippen LogP contribution is 2.33. The van der Waals surface area contributed by atoms with Crippen molar-refractivity contribution in [2.45, 2.75) is 46.3 Å². The van der Waals surface area contributed by atoms with Crippen LogP contribution in [0.25, 0.3) is 0 Å². The number of thiol groups is 1. The van der Waals surface area contributed by atoms with E-state index in [4.69, 9.17) is 21.7 Å². The first kappa shape index (κ1) is 22.5. The van der Waals surface area contributed by atoms with Gasteiger partial charge >= 0.3 is 0 Å². The molecule has 1 aliphatic heterocycles. The second-order valence-corrected chi connectivity index (χ2v) is 5.60. The molecule has 1 unspecified atom stereocenters. The van der Waals surface area contributed by atoms with Crippen molar-refractivity contribution in [2.24, 2.45) is 0 Å². The van der Waals surface area contributed by atoms with E-state index in [2.05, 4.69) is 31.0 Å². The molecule has 0 aliphatic carbocycles. The standard InChI is InChI=1S/C13H16BrClN2O.C2H6.HIS/c1-8-10(15)6-11(9(7-16)13(8)14)17-12-4-2-3-5-18-12;2*1-2/h6-7,12,16-17H,2-5H2,1H3;1-2H3;2H. The fourth-order valence-corrected chi connectivity index (χ4v) is 2.89. The molecule has 2 rings (SSSR count). The molecule has 1 atom stereocenters. The third-order valence-corrected chi connectivity index (χ3v) is 4.54. The van der Waals surface area contributed by atoms with Gasteiger partial charge in [-0.1, -0.05) is 25.4 Å². The first-order valence-corrected chi connectivity index (χ1v) is 11.6. The fourth-order valence-electron chi connectivity index (χ4n) is 2.03. The molecule has 0 saturated carbocycles. The zero-order chi connectivity index (χ0) is 17.1. The van der Waals surface area contributed by atoms with E-state index in [1.165, 1.54) is 12.6 Å². The molecule has 1 aromatic carbocycles. The van der Waals surface area contributed by atoms with Gasteiger partial charge in [0, 0.05) is 33.6 Å². The molecule has 3 nitrogen and oxygen atoms in total. The van der Waals surface area contributed by atoms with Crippen LogP contribution >= 0.6 is 58.5 Å². The largest absolute Gasteiger partial charge is 0.360 e. The van der Waals surface area contributed by atoms with Gasteiger partial charge in [-0.2, -0.15) is 0 Å². The van der Waals surface area contributed by atoms with Crippen LogP contribution in [0.1, 0.15) is 44.2 Å². The number of hydrogen-bond acceptors (Lipinski definition) is 4. The molecule has 22 heavy (non-hydrogen) atoms. The minimum absolute atomic E-state index is 0.0168. The number of ether oxygens (including phenoxy) is 1. The van der Waals surface area contributed by atoms with Crippen molar-refractivity contribution in [3.63, 3.8) is 0 Å². The van der Waals surface area contributed by atoms with Crippen LogP contribution in [0.15, 0.2) is 10.5 Å². The Balaban J connectivity index is 0.00000102. The molecule has 126 valence electrons. The SMILES string of the molecule is CC.Cc1c(Cl)cc(NC2CCCCO2)c(C=N)c1Br.SI. The lowest BCUT2D eigenvalue weighted by Gasteiger charge is -2.26. The highest BCUT2D eigenvalue weighted by Gasteiger charge is 2.17. The van der Waals surface area contributed by atoms with Gasteiger partial charge in [0.15, 0.2) is 0 Å². The quantitative estimate of drug-likeness (QED) is 0.237. The maximum absolute atomic E-state index is 7.53. The third-order valence-electron chi connectivity index (χ3n) is 3.13. The topological polar surface area (TPSA) is 45.1 Å². The fraction of sp³-hybridized carbons (Fsp3) is 0.533. The molecule has 2 N–H and O–H groups in total. The van der Waals surface area contributed by atoms with Gasteiger partial charge in [0.25, 0.3) is 0 Å². The average Bonchev–Trinajstić information content (AvgIpc) is 2.58. The summed E-state index contributed by atoms with van der Waals surface area (Å²) in [6.07, 6.45) is 4.62. The highest BCUT2D eigenvalue weighted by atomic mass is 127. The summed E-state index contributed by atoms with van der Waals surface area (Å²) in [5.41, 5.74) is 2.61. The summed E-state index contributed by atoms with van der Waals surface area (Å²) in [5.74, 6) is 0. The molecule has 1 saturated heterocycles. The maximum Gasteiger partial charge on any atom is 0.127 e. The molecule has 1 heterocycles. The van der Waals surface area contributed by atoms with Crippen molar-refractivity contribution in [3.8, 4) is 0 Å². The summed E-state index contributed by atoms with van der Waals surface area (Å²) >= 11 is 11.5. The van der Waals surface area contributed by atoms with Crippen LogP contribution in [0, 0.1) is 12.3 Å². The molecule has 1 aromatic rings. The van der Waals surface area contributed by atoms with Crippen molar-refractivity contribution in [1.29, 1.82) is 5.41 Å². The number of rotatable bonds is 3. The Morgan fingerprint density at radius 2 is 2.09 bits per heavy atom. The molecular weight excluding hydrogens is 499 g/mol. The molecule has 1 aliphatic rings. The Bertz CT molecular complexity index is 471. The van der Waals surface area contributed by atoms with Gasteiger partial charge in [-0.25, -0.2) is 0 Å². The Labute approximate surface area is 164 Å². The molecule has 7 heteroatoms. The lowest BCUT2D eigenvalue weighted by Crippen LogP contribution is -2.27. The van der Waals surface area contributed by atoms with Crippen LogP contribution in [0.4, 0.5) is 5.69 Å².